The molecule has 2 aromatic heterocycles. The minimum absolute atomic E-state index is 0.232. The zero-order valence-corrected chi connectivity index (χ0v) is 16.4. The van der Waals surface area contributed by atoms with Gasteiger partial charge >= 0.3 is 0 Å². The molecular formula is C16H22BrF2N5O. The van der Waals surface area contributed by atoms with Crippen molar-refractivity contribution in [3.05, 3.63) is 33.3 Å². The molecule has 0 saturated carbocycles. The third-order valence-electron chi connectivity index (χ3n) is 4.19. The molecule has 0 aliphatic rings. The summed E-state index contributed by atoms with van der Waals surface area (Å²) in [4.78, 5) is 12.6. The number of hydrogen-bond donors (Lipinski definition) is 1. The molecule has 0 aliphatic carbocycles. The lowest BCUT2D eigenvalue weighted by Gasteiger charge is -2.18. The molecule has 0 spiro atoms. The van der Waals surface area contributed by atoms with Crippen molar-refractivity contribution in [3.8, 4) is 0 Å². The van der Waals surface area contributed by atoms with Crippen LogP contribution >= 0.6 is 15.9 Å². The maximum Gasteiger partial charge on any atom is 0.283 e. The number of halogens is 3. The fourth-order valence-corrected chi connectivity index (χ4v) is 3.11. The van der Waals surface area contributed by atoms with E-state index in [1.54, 1.807) is 18.5 Å². The number of nitrogens with zero attached hydrogens (tertiary/aromatic N) is 4. The highest BCUT2D eigenvalue weighted by atomic mass is 79.9. The molecule has 1 N–H and O–H groups in total. The minimum atomic E-state index is -2.70. The number of aromatic nitrogens is 4. The molecule has 2 rings (SSSR count). The van der Waals surface area contributed by atoms with E-state index in [1.807, 2.05) is 27.0 Å². The topological polar surface area (TPSA) is 64.7 Å². The Morgan fingerprint density at radius 3 is 2.44 bits per heavy atom. The molecule has 0 aromatic carbocycles. The Bertz CT molecular complexity index is 771. The Hall–Kier alpha value is -1.77. The van der Waals surface area contributed by atoms with Gasteiger partial charge in [0.25, 0.3) is 6.43 Å². The average Bonchev–Trinajstić information content (AvgIpc) is 3.07. The first kappa shape index (κ1) is 19.6. The van der Waals surface area contributed by atoms with E-state index < -0.39 is 12.5 Å². The summed E-state index contributed by atoms with van der Waals surface area (Å²) in [6.07, 6.45) is -0.804. The van der Waals surface area contributed by atoms with Crippen LogP contribution in [0.1, 0.15) is 61.9 Å². The summed E-state index contributed by atoms with van der Waals surface area (Å²) in [7, 11) is 0. The van der Waals surface area contributed by atoms with E-state index in [4.69, 9.17) is 0 Å². The summed E-state index contributed by atoms with van der Waals surface area (Å²) in [6.45, 7) is 9.76. The Morgan fingerprint density at radius 1 is 1.32 bits per heavy atom. The first-order valence-corrected chi connectivity index (χ1v) is 8.83. The van der Waals surface area contributed by atoms with Crippen molar-refractivity contribution in [1.82, 2.24) is 24.9 Å². The first-order valence-electron chi connectivity index (χ1n) is 8.04. The monoisotopic (exact) mass is 417 g/mol. The fraction of sp³-hybridized carbons (Fsp3) is 0.562. The summed E-state index contributed by atoms with van der Waals surface area (Å²) >= 11 is 3.12. The van der Waals surface area contributed by atoms with Crippen molar-refractivity contribution in [2.75, 3.05) is 0 Å². The van der Waals surface area contributed by atoms with Crippen LogP contribution in [0.2, 0.25) is 0 Å². The second-order valence-corrected chi connectivity index (χ2v) is 6.75. The van der Waals surface area contributed by atoms with Crippen LogP contribution in [-0.4, -0.2) is 25.5 Å². The number of rotatable bonds is 6. The third-order valence-corrected chi connectivity index (χ3v) is 5.17. The number of amides is 1. The van der Waals surface area contributed by atoms with Gasteiger partial charge in [-0.25, -0.2) is 8.78 Å². The van der Waals surface area contributed by atoms with Gasteiger partial charge in [0, 0.05) is 18.3 Å². The Balaban J connectivity index is 2.17. The zero-order valence-electron chi connectivity index (χ0n) is 14.8. The van der Waals surface area contributed by atoms with Gasteiger partial charge in [-0.1, -0.05) is 0 Å². The lowest BCUT2D eigenvalue weighted by molar-refractivity contribution is -0.124. The van der Waals surface area contributed by atoms with Gasteiger partial charge in [0.1, 0.15) is 11.7 Å². The van der Waals surface area contributed by atoms with E-state index in [-0.39, 0.29) is 22.1 Å². The normalized spacial score (nSPS) is 14.0. The number of aryl methyl sites for hydroxylation is 2. The van der Waals surface area contributed by atoms with Crippen molar-refractivity contribution in [3.63, 3.8) is 0 Å². The average molecular weight is 418 g/mol. The summed E-state index contributed by atoms with van der Waals surface area (Å²) in [5, 5.41) is 11.2. The van der Waals surface area contributed by atoms with Crippen molar-refractivity contribution in [2.24, 2.45) is 0 Å². The van der Waals surface area contributed by atoms with Crippen LogP contribution in [0.15, 0.2) is 10.7 Å². The van der Waals surface area contributed by atoms with Crippen molar-refractivity contribution >= 4 is 21.8 Å². The summed E-state index contributed by atoms with van der Waals surface area (Å²) in [6, 6.07) is -0.961. The van der Waals surface area contributed by atoms with E-state index >= 15 is 0 Å². The second kappa shape index (κ2) is 7.63. The number of carbonyl (C=O) groups is 1. The SMILES string of the molecule is CCn1cc(C(C)NC(=O)C(C)n2nc(C(F)F)c(Br)c2C)c(C)n1. The van der Waals surface area contributed by atoms with Crippen LogP contribution < -0.4 is 5.32 Å². The lowest BCUT2D eigenvalue weighted by Crippen LogP contribution is -2.34. The van der Waals surface area contributed by atoms with Gasteiger partial charge in [0.2, 0.25) is 5.91 Å². The molecule has 2 unspecified atom stereocenters. The number of nitrogens with one attached hydrogen (secondary N) is 1. The predicted octanol–water partition coefficient (Wildman–Crippen LogP) is 3.85. The predicted molar refractivity (Wildman–Crippen MR) is 93.5 cm³/mol. The lowest BCUT2D eigenvalue weighted by atomic mass is 10.1. The molecule has 0 bridgehead atoms. The molecule has 9 heteroatoms. The molecule has 2 atom stereocenters. The Kier molecular flexibility index (Phi) is 5.97. The highest BCUT2D eigenvalue weighted by Crippen LogP contribution is 2.30. The summed E-state index contributed by atoms with van der Waals surface area (Å²) in [5.41, 5.74) is 1.90. The summed E-state index contributed by atoms with van der Waals surface area (Å²) < 4.78 is 29.3. The van der Waals surface area contributed by atoms with Crippen LogP contribution in [0.25, 0.3) is 0 Å². The van der Waals surface area contributed by atoms with Gasteiger partial charge in [0.05, 0.1) is 21.9 Å². The molecule has 0 radical (unpaired) electrons. The van der Waals surface area contributed by atoms with Gasteiger partial charge in [-0.05, 0) is 50.5 Å². The molecule has 0 fully saturated rings. The van der Waals surface area contributed by atoms with Gasteiger partial charge in [-0.3, -0.25) is 14.2 Å². The minimum Gasteiger partial charge on any atom is -0.348 e. The highest BCUT2D eigenvalue weighted by Gasteiger charge is 2.26. The number of carbonyl (C=O) groups excluding carboxylic acids is 1. The van der Waals surface area contributed by atoms with E-state index in [0.29, 0.717) is 5.69 Å². The molecule has 0 saturated heterocycles. The van der Waals surface area contributed by atoms with Gasteiger partial charge in [0.15, 0.2) is 0 Å². The maximum atomic E-state index is 13.0. The fourth-order valence-electron chi connectivity index (χ4n) is 2.68. The molecular weight excluding hydrogens is 396 g/mol. The molecule has 6 nitrogen and oxygen atoms in total. The van der Waals surface area contributed by atoms with E-state index in [2.05, 4.69) is 31.4 Å². The van der Waals surface area contributed by atoms with E-state index in [9.17, 15) is 13.6 Å². The molecule has 1 amide bonds. The third kappa shape index (κ3) is 3.91. The quantitative estimate of drug-likeness (QED) is 0.775. The highest BCUT2D eigenvalue weighted by molar-refractivity contribution is 9.10. The van der Waals surface area contributed by atoms with E-state index in [1.165, 1.54) is 4.68 Å². The van der Waals surface area contributed by atoms with Crippen molar-refractivity contribution in [1.29, 1.82) is 0 Å². The van der Waals surface area contributed by atoms with Gasteiger partial charge in [-0.15, -0.1) is 0 Å². The van der Waals surface area contributed by atoms with Crippen LogP contribution in [0, 0.1) is 13.8 Å². The van der Waals surface area contributed by atoms with Crippen LogP contribution in [0.5, 0.6) is 0 Å². The molecule has 0 aliphatic heterocycles. The molecule has 25 heavy (non-hydrogen) atoms. The largest absolute Gasteiger partial charge is 0.348 e. The number of alkyl halides is 2. The first-order chi connectivity index (χ1) is 11.7. The molecule has 2 heterocycles. The smallest absolute Gasteiger partial charge is 0.283 e. The standard InChI is InChI=1S/C16H22BrF2N5O/c1-6-23-7-12(9(3)21-23)8(2)20-16(25)11(5)24-10(4)13(17)14(22-24)15(18)19/h7-8,11,15H,6H2,1-5H3,(H,20,25). The van der Waals surface area contributed by atoms with Crippen molar-refractivity contribution < 1.29 is 13.6 Å². The Labute approximate surface area is 153 Å². The van der Waals surface area contributed by atoms with Gasteiger partial charge < -0.3 is 5.32 Å². The molecule has 2 aromatic rings. The van der Waals surface area contributed by atoms with Crippen molar-refractivity contribution in [2.45, 2.75) is 59.7 Å². The van der Waals surface area contributed by atoms with E-state index in [0.717, 1.165) is 17.8 Å². The Morgan fingerprint density at radius 2 is 1.96 bits per heavy atom. The zero-order chi connectivity index (χ0) is 18.9. The van der Waals surface area contributed by atoms with Gasteiger partial charge in [-0.2, -0.15) is 10.2 Å². The van der Waals surface area contributed by atoms with Crippen LogP contribution in [0.3, 0.4) is 0 Å². The van der Waals surface area contributed by atoms with Crippen LogP contribution in [-0.2, 0) is 11.3 Å². The van der Waals surface area contributed by atoms with Crippen LogP contribution in [0.4, 0.5) is 8.78 Å². The summed E-state index contributed by atoms with van der Waals surface area (Å²) in [5.74, 6) is -0.296. The number of hydrogen-bond acceptors (Lipinski definition) is 3. The maximum absolute atomic E-state index is 13.0. The molecule has 138 valence electrons. The second-order valence-electron chi connectivity index (χ2n) is 5.96.